The zero-order valence-corrected chi connectivity index (χ0v) is 16.0. The Hall–Kier alpha value is -1.79. The molecule has 0 spiro atoms. The van der Waals surface area contributed by atoms with E-state index in [1.807, 2.05) is 13.8 Å². The molecule has 0 amide bonds. The molecule has 3 rings (SSSR count). The fourth-order valence-electron chi connectivity index (χ4n) is 3.02. The van der Waals surface area contributed by atoms with E-state index < -0.39 is 21.5 Å². The first-order chi connectivity index (χ1) is 12.5. The summed E-state index contributed by atoms with van der Waals surface area (Å²) >= 11 is 0. The van der Waals surface area contributed by atoms with Crippen LogP contribution in [0.5, 0.6) is 0 Å². The first kappa shape index (κ1) is 20.5. The van der Waals surface area contributed by atoms with Gasteiger partial charge in [0.2, 0.25) is 0 Å². The van der Waals surface area contributed by atoms with Crippen LogP contribution >= 0.6 is 0 Å². The number of benzene rings is 2. The van der Waals surface area contributed by atoms with Crippen LogP contribution in [0.2, 0.25) is 0 Å². The molecule has 0 atom stereocenters. The predicted molar refractivity (Wildman–Crippen MR) is 101 cm³/mol. The zero-order chi connectivity index (χ0) is 19.2. The van der Waals surface area contributed by atoms with Crippen molar-refractivity contribution in [3.8, 4) is 11.1 Å². The van der Waals surface area contributed by atoms with Crippen LogP contribution in [0.25, 0.3) is 11.1 Å². The molecule has 1 heterocycles. The van der Waals surface area contributed by atoms with Gasteiger partial charge in [-0.05, 0) is 61.7 Å². The highest BCUT2D eigenvalue weighted by Crippen LogP contribution is 2.26. The Kier molecular flexibility index (Phi) is 7.29. The van der Waals surface area contributed by atoms with Crippen molar-refractivity contribution >= 4 is 9.84 Å². The maximum absolute atomic E-state index is 13.8. The first-order valence-electron chi connectivity index (χ1n) is 8.95. The molecule has 1 saturated heterocycles. The molecule has 0 saturated carbocycles. The minimum Gasteiger partial charge on any atom is -0.317 e. The Morgan fingerprint density at radius 2 is 1.62 bits per heavy atom. The SMILES string of the molecule is CC.O=S(=O)(CC1CCNCC1)c1ccc(-c2ccc(F)cc2F)cc1. The Bertz CT molecular complexity index is 814. The van der Waals surface area contributed by atoms with E-state index in [4.69, 9.17) is 0 Å². The highest BCUT2D eigenvalue weighted by Gasteiger charge is 2.23. The third-order valence-electron chi connectivity index (χ3n) is 4.37. The lowest BCUT2D eigenvalue weighted by Crippen LogP contribution is -2.31. The average molecular weight is 381 g/mol. The summed E-state index contributed by atoms with van der Waals surface area (Å²) in [4.78, 5) is 0.243. The third kappa shape index (κ3) is 5.11. The molecule has 26 heavy (non-hydrogen) atoms. The molecule has 2 aromatic rings. The van der Waals surface area contributed by atoms with Crippen molar-refractivity contribution < 1.29 is 17.2 Å². The van der Waals surface area contributed by atoms with E-state index in [-0.39, 0.29) is 22.1 Å². The fraction of sp³-hybridized carbons (Fsp3) is 0.400. The van der Waals surface area contributed by atoms with E-state index in [1.54, 1.807) is 12.1 Å². The van der Waals surface area contributed by atoms with Gasteiger partial charge in [0.1, 0.15) is 11.6 Å². The molecule has 0 radical (unpaired) electrons. The summed E-state index contributed by atoms with van der Waals surface area (Å²) in [6.45, 7) is 5.70. The van der Waals surface area contributed by atoms with Gasteiger partial charge in [0.05, 0.1) is 10.6 Å². The van der Waals surface area contributed by atoms with Crippen molar-refractivity contribution in [2.75, 3.05) is 18.8 Å². The molecule has 2 aromatic carbocycles. The highest BCUT2D eigenvalue weighted by atomic mass is 32.2. The van der Waals surface area contributed by atoms with E-state index in [0.717, 1.165) is 32.0 Å². The van der Waals surface area contributed by atoms with Crippen molar-refractivity contribution in [3.05, 3.63) is 54.1 Å². The van der Waals surface area contributed by atoms with Crippen molar-refractivity contribution in [1.29, 1.82) is 0 Å². The Balaban J connectivity index is 0.00000117. The number of nitrogens with one attached hydrogen (secondary N) is 1. The van der Waals surface area contributed by atoms with Crippen molar-refractivity contribution in [2.45, 2.75) is 31.6 Å². The number of rotatable bonds is 4. The van der Waals surface area contributed by atoms with Crippen molar-refractivity contribution in [1.82, 2.24) is 5.32 Å². The van der Waals surface area contributed by atoms with Crippen LogP contribution in [0.1, 0.15) is 26.7 Å². The standard InChI is InChI=1S/C18H19F2NO2S.C2H6/c19-15-3-6-17(18(20)11-15)14-1-4-16(5-2-14)24(22,23)12-13-7-9-21-10-8-13;1-2/h1-6,11,13,21H,7-10,12H2;1-2H3. The number of halogens is 2. The Labute approximate surface area is 154 Å². The largest absolute Gasteiger partial charge is 0.317 e. The van der Waals surface area contributed by atoms with Gasteiger partial charge in [-0.15, -0.1) is 0 Å². The monoisotopic (exact) mass is 381 g/mol. The maximum atomic E-state index is 13.8. The van der Waals surface area contributed by atoms with E-state index in [1.165, 1.54) is 24.3 Å². The van der Waals surface area contributed by atoms with Crippen LogP contribution in [0.4, 0.5) is 8.78 Å². The molecule has 0 unspecified atom stereocenters. The lowest BCUT2D eigenvalue weighted by Gasteiger charge is -2.22. The second-order valence-electron chi connectivity index (χ2n) is 6.12. The van der Waals surface area contributed by atoms with Gasteiger partial charge < -0.3 is 5.32 Å². The van der Waals surface area contributed by atoms with Crippen LogP contribution in [0.3, 0.4) is 0 Å². The smallest absolute Gasteiger partial charge is 0.178 e. The van der Waals surface area contributed by atoms with Gasteiger partial charge in [0.15, 0.2) is 9.84 Å². The summed E-state index contributed by atoms with van der Waals surface area (Å²) in [5.74, 6) is -0.998. The summed E-state index contributed by atoms with van der Waals surface area (Å²) in [7, 11) is -3.36. The zero-order valence-electron chi connectivity index (χ0n) is 15.1. The minimum absolute atomic E-state index is 0.138. The molecule has 0 aromatic heterocycles. The van der Waals surface area contributed by atoms with Gasteiger partial charge in [0.25, 0.3) is 0 Å². The molecule has 6 heteroatoms. The molecule has 1 fully saturated rings. The molecule has 1 N–H and O–H groups in total. The number of piperidine rings is 1. The molecular formula is C20H25F2NO2S. The molecule has 3 nitrogen and oxygen atoms in total. The van der Waals surface area contributed by atoms with Crippen LogP contribution in [-0.2, 0) is 9.84 Å². The Morgan fingerprint density at radius 1 is 1.00 bits per heavy atom. The van der Waals surface area contributed by atoms with Gasteiger partial charge in [-0.3, -0.25) is 0 Å². The number of hydrogen-bond donors (Lipinski definition) is 1. The summed E-state index contributed by atoms with van der Waals surface area (Å²) < 4.78 is 51.8. The summed E-state index contributed by atoms with van der Waals surface area (Å²) in [5.41, 5.74) is 0.770. The van der Waals surface area contributed by atoms with Gasteiger partial charge in [-0.1, -0.05) is 26.0 Å². The van der Waals surface area contributed by atoms with Gasteiger partial charge in [-0.25, -0.2) is 17.2 Å². The summed E-state index contributed by atoms with van der Waals surface area (Å²) in [5, 5.41) is 3.22. The molecule has 1 aliphatic rings. The minimum atomic E-state index is -3.36. The molecule has 0 bridgehead atoms. The highest BCUT2D eigenvalue weighted by molar-refractivity contribution is 7.91. The number of sulfone groups is 1. The van der Waals surface area contributed by atoms with Crippen LogP contribution in [0.15, 0.2) is 47.4 Å². The summed E-state index contributed by atoms with van der Waals surface area (Å²) in [6, 6.07) is 9.46. The summed E-state index contributed by atoms with van der Waals surface area (Å²) in [6.07, 6.45) is 1.72. The third-order valence-corrected chi connectivity index (χ3v) is 6.27. The molecule has 1 aliphatic heterocycles. The lowest BCUT2D eigenvalue weighted by molar-refractivity contribution is 0.401. The number of hydrogen-bond acceptors (Lipinski definition) is 3. The van der Waals surface area contributed by atoms with E-state index >= 15 is 0 Å². The van der Waals surface area contributed by atoms with Gasteiger partial charge >= 0.3 is 0 Å². The van der Waals surface area contributed by atoms with E-state index in [0.29, 0.717) is 5.56 Å². The lowest BCUT2D eigenvalue weighted by atomic mass is 10.0. The first-order valence-corrected chi connectivity index (χ1v) is 10.6. The predicted octanol–water partition coefficient (Wildman–Crippen LogP) is 4.43. The quantitative estimate of drug-likeness (QED) is 0.852. The van der Waals surface area contributed by atoms with E-state index in [9.17, 15) is 17.2 Å². The average Bonchev–Trinajstić information content (AvgIpc) is 2.64. The second kappa shape index (κ2) is 9.24. The van der Waals surface area contributed by atoms with Crippen LogP contribution in [0, 0.1) is 17.6 Å². The van der Waals surface area contributed by atoms with Gasteiger partial charge in [-0.2, -0.15) is 0 Å². The van der Waals surface area contributed by atoms with E-state index in [2.05, 4.69) is 5.32 Å². The fourth-order valence-corrected chi connectivity index (χ4v) is 4.72. The maximum Gasteiger partial charge on any atom is 0.178 e. The molecule has 142 valence electrons. The topological polar surface area (TPSA) is 46.2 Å². The van der Waals surface area contributed by atoms with Crippen molar-refractivity contribution in [3.63, 3.8) is 0 Å². The normalized spacial score (nSPS) is 15.2. The van der Waals surface area contributed by atoms with Gasteiger partial charge in [0, 0.05) is 11.6 Å². The molecule has 0 aliphatic carbocycles. The van der Waals surface area contributed by atoms with Crippen LogP contribution in [-0.4, -0.2) is 27.3 Å². The van der Waals surface area contributed by atoms with Crippen LogP contribution < -0.4 is 5.32 Å². The van der Waals surface area contributed by atoms with Crippen molar-refractivity contribution in [2.24, 2.45) is 5.92 Å². The Morgan fingerprint density at radius 3 is 2.19 bits per heavy atom. The molecular weight excluding hydrogens is 356 g/mol. The second-order valence-corrected chi connectivity index (χ2v) is 8.16.